The SMILES string of the molecule is [2H]C([2H])([2H])C([2H])(C)N1c2ccccc2N(c2cccc(N3c4ccccc4N(C([2H])(C([2H])([2H])[2H])C([2H])([2H])[2H])[C@H]3C)c2C)[C@H]1C. The van der Waals surface area contributed by atoms with E-state index in [9.17, 15) is 0 Å². The number of hydrogen-bond acceptors (Lipinski definition) is 4. The molecule has 3 aromatic carbocycles. The third-order valence-electron chi connectivity index (χ3n) is 6.69. The topological polar surface area (TPSA) is 13.0 Å². The number of hydrogen-bond donors (Lipinski definition) is 0. The van der Waals surface area contributed by atoms with Gasteiger partial charge < -0.3 is 19.6 Å². The van der Waals surface area contributed by atoms with Crippen LogP contribution in [0.15, 0.2) is 66.7 Å². The van der Waals surface area contributed by atoms with Crippen LogP contribution in [0.3, 0.4) is 0 Å². The molecule has 0 bridgehead atoms. The van der Waals surface area contributed by atoms with Crippen molar-refractivity contribution in [2.75, 3.05) is 19.6 Å². The van der Waals surface area contributed by atoms with Gasteiger partial charge in [-0.2, -0.15) is 0 Å². The molecule has 0 N–H and O–H groups in total. The maximum atomic E-state index is 9.00. The Balaban J connectivity index is 1.67. The highest BCUT2D eigenvalue weighted by molar-refractivity contribution is 5.89. The van der Waals surface area contributed by atoms with Crippen molar-refractivity contribution in [1.29, 1.82) is 0 Å². The van der Waals surface area contributed by atoms with E-state index in [4.69, 9.17) is 15.1 Å². The molecule has 0 aliphatic carbocycles. The molecule has 0 amide bonds. The number of benzene rings is 3. The normalized spacial score (nSPS) is 27.8. The molecule has 0 saturated heterocycles. The summed E-state index contributed by atoms with van der Waals surface area (Å²) in [6, 6.07) is 14.9. The van der Waals surface area contributed by atoms with Gasteiger partial charge in [0.1, 0.15) is 12.3 Å². The average Bonchev–Trinajstić information content (AvgIpc) is 3.37. The lowest BCUT2D eigenvalue weighted by molar-refractivity contribution is 0.603. The van der Waals surface area contributed by atoms with Crippen LogP contribution in [0.5, 0.6) is 0 Å². The summed E-state index contributed by atoms with van der Waals surface area (Å²) in [6.07, 6.45) is -1.43. The van der Waals surface area contributed by atoms with Crippen LogP contribution in [0.1, 0.15) is 62.0 Å². The first-order chi connectivity index (χ1) is 20.2. The zero-order valence-corrected chi connectivity index (χ0v) is 19.3. The van der Waals surface area contributed by atoms with E-state index in [-0.39, 0.29) is 0 Å². The van der Waals surface area contributed by atoms with Crippen LogP contribution in [0.4, 0.5) is 34.1 Å². The molecule has 4 heteroatoms. The molecule has 1 unspecified atom stereocenters. The summed E-state index contributed by atoms with van der Waals surface area (Å²) in [6.45, 7) is -2.13. The van der Waals surface area contributed by atoms with Crippen LogP contribution < -0.4 is 19.6 Å². The molecular formula is C29H36N4. The fourth-order valence-electron chi connectivity index (χ4n) is 5.34. The first-order valence-corrected chi connectivity index (χ1v) is 11.1. The van der Waals surface area contributed by atoms with Gasteiger partial charge in [0, 0.05) is 35.7 Å². The van der Waals surface area contributed by atoms with Crippen molar-refractivity contribution in [3.8, 4) is 0 Å². The summed E-state index contributed by atoms with van der Waals surface area (Å²) in [4.78, 5) is 6.59. The number of anilines is 6. The molecule has 2 heterocycles. The highest BCUT2D eigenvalue weighted by atomic mass is 15.4. The Morgan fingerprint density at radius 2 is 1.03 bits per heavy atom. The predicted molar refractivity (Wildman–Crippen MR) is 142 cm³/mol. The van der Waals surface area contributed by atoms with Crippen LogP contribution in [-0.2, 0) is 0 Å². The third-order valence-corrected chi connectivity index (χ3v) is 6.69. The Morgan fingerprint density at radius 1 is 0.636 bits per heavy atom. The van der Waals surface area contributed by atoms with E-state index in [1.54, 1.807) is 48.2 Å². The van der Waals surface area contributed by atoms with Crippen molar-refractivity contribution in [2.45, 2.75) is 72.6 Å². The zero-order valence-electron chi connectivity index (χ0n) is 30.3. The van der Waals surface area contributed by atoms with Crippen molar-refractivity contribution < 1.29 is 15.1 Å². The van der Waals surface area contributed by atoms with Crippen molar-refractivity contribution in [1.82, 2.24) is 0 Å². The summed E-state index contributed by atoms with van der Waals surface area (Å²) in [5.41, 5.74) is 4.38. The minimum Gasteiger partial charge on any atom is -0.347 e. The number of para-hydroxylation sites is 4. The molecule has 0 saturated carbocycles. The fraction of sp³-hybridized carbons (Fsp3) is 0.379. The van der Waals surface area contributed by atoms with Gasteiger partial charge in [-0.05, 0) is 90.2 Å². The van der Waals surface area contributed by atoms with Crippen LogP contribution in [0, 0.1) is 6.92 Å². The molecule has 5 rings (SSSR count). The second kappa shape index (κ2) is 8.02. The van der Waals surface area contributed by atoms with E-state index in [0.29, 0.717) is 22.7 Å². The minimum absolute atomic E-state index is 0.320. The second-order valence-corrected chi connectivity index (χ2v) is 8.58. The Morgan fingerprint density at radius 3 is 1.48 bits per heavy atom. The van der Waals surface area contributed by atoms with Gasteiger partial charge in [-0.25, -0.2) is 0 Å². The standard InChI is InChI=1S/C29H36N4/c1-19(2)30-22(6)32(28-15-10-8-13-26(28)30)24-17-12-18-25(21(24)5)33-23(7)31(20(3)4)27-14-9-11-16-29(27)33/h8-20,22-23H,1-7H3/t22-,23+/i1D3,2D3,3D3,19D,20D/t20?,22-,23+/m1/s1. The molecule has 0 aromatic heterocycles. The van der Waals surface area contributed by atoms with Gasteiger partial charge in [0.15, 0.2) is 0 Å². The monoisotopic (exact) mass is 451 g/mol. The Kier molecular flexibility index (Phi) is 3.00. The maximum absolute atomic E-state index is 9.00. The minimum atomic E-state index is -3.17. The molecule has 3 atom stereocenters. The van der Waals surface area contributed by atoms with Gasteiger partial charge in [0.25, 0.3) is 0 Å². The number of nitrogens with zero attached hydrogens (tertiary/aromatic N) is 4. The molecule has 2 aliphatic rings. The Labute approximate surface area is 214 Å². The van der Waals surface area contributed by atoms with E-state index < -0.39 is 44.9 Å². The zero-order chi connectivity index (χ0) is 32.8. The second-order valence-electron chi connectivity index (χ2n) is 8.58. The first-order valence-electron chi connectivity index (χ1n) is 16.6. The highest BCUT2D eigenvalue weighted by Gasteiger charge is 2.38. The summed E-state index contributed by atoms with van der Waals surface area (Å²) in [5, 5.41) is 0. The van der Waals surface area contributed by atoms with Gasteiger partial charge >= 0.3 is 0 Å². The summed E-state index contributed by atoms with van der Waals surface area (Å²) >= 11 is 0. The molecular weight excluding hydrogens is 404 g/mol. The Hall–Kier alpha value is -3.14. The average molecular weight is 452 g/mol. The first kappa shape index (κ1) is 12.4. The maximum Gasteiger partial charge on any atom is 0.104 e. The molecule has 4 nitrogen and oxygen atoms in total. The van der Waals surface area contributed by atoms with E-state index in [1.807, 2.05) is 54.0 Å². The lowest BCUT2D eigenvalue weighted by atomic mass is 10.1. The van der Waals surface area contributed by atoms with Crippen LogP contribution in [0.2, 0.25) is 0 Å². The van der Waals surface area contributed by atoms with Gasteiger partial charge in [-0.15, -0.1) is 0 Å². The van der Waals surface area contributed by atoms with Gasteiger partial charge in [0.05, 0.1) is 25.5 Å². The van der Waals surface area contributed by atoms with Gasteiger partial charge in [-0.1, -0.05) is 30.3 Å². The smallest absolute Gasteiger partial charge is 0.104 e. The highest BCUT2D eigenvalue weighted by Crippen LogP contribution is 2.50. The van der Waals surface area contributed by atoms with Crippen molar-refractivity contribution >= 4 is 34.1 Å². The Bertz CT molecular complexity index is 1550. The molecule has 0 radical (unpaired) electrons. The van der Waals surface area contributed by atoms with Gasteiger partial charge in [-0.3, -0.25) is 0 Å². The molecule has 0 fully saturated rings. The van der Waals surface area contributed by atoms with Crippen molar-refractivity contribution in [3.63, 3.8) is 0 Å². The van der Waals surface area contributed by atoms with Crippen molar-refractivity contribution in [2.24, 2.45) is 0 Å². The summed E-state index contributed by atoms with van der Waals surface area (Å²) in [5.74, 6) is 0. The molecule has 0 spiro atoms. The fourth-order valence-corrected chi connectivity index (χ4v) is 5.34. The molecule has 33 heavy (non-hydrogen) atoms. The van der Waals surface area contributed by atoms with E-state index in [0.717, 1.165) is 16.9 Å². The van der Waals surface area contributed by atoms with E-state index >= 15 is 0 Å². The quantitative estimate of drug-likeness (QED) is 0.409. The molecule has 2 aliphatic heterocycles. The molecule has 3 aromatic rings. The third kappa shape index (κ3) is 3.18. The van der Waals surface area contributed by atoms with Crippen LogP contribution in [-0.4, -0.2) is 24.4 Å². The number of rotatable bonds is 4. The van der Waals surface area contributed by atoms with Crippen LogP contribution >= 0.6 is 0 Å². The van der Waals surface area contributed by atoms with Crippen molar-refractivity contribution in [3.05, 3.63) is 72.3 Å². The summed E-state index contributed by atoms with van der Waals surface area (Å²) in [7, 11) is 0. The van der Waals surface area contributed by atoms with Gasteiger partial charge in [0.2, 0.25) is 0 Å². The van der Waals surface area contributed by atoms with Crippen LogP contribution in [0.25, 0.3) is 0 Å². The molecule has 172 valence electrons. The number of fused-ring (bicyclic) bond motifs is 2. The van der Waals surface area contributed by atoms with E-state index in [2.05, 4.69) is 0 Å². The summed E-state index contributed by atoms with van der Waals surface area (Å²) < 4.78 is 91.2. The predicted octanol–water partition coefficient (Wildman–Crippen LogP) is 7.42. The van der Waals surface area contributed by atoms with E-state index in [1.165, 1.54) is 11.8 Å². The largest absolute Gasteiger partial charge is 0.347 e. The lowest BCUT2D eigenvalue weighted by Gasteiger charge is -2.36. The lowest BCUT2D eigenvalue weighted by Crippen LogP contribution is -2.43.